The molecule has 2 amide bonds. The number of halogens is 1. The molecule has 0 unspecified atom stereocenters. The zero-order valence-corrected chi connectivity index (χ0v) is 22.6. The summed E-state index contributed by atoms with van der Waals surface area (Å²) in [4.78, 5) is 42.4. The molecule has 0 spiro atoms. The lowest BCUT2D eigenvalue weighted by Gasteiger charge is -2.34. The number of fused-ring (bicyclic) bond motifs is 1. The Hall–Kier alpha value is -4.44. The number of hydrogen-bond acceptors (Lipinski definition) is 8. The molecule has 10 nitrogen and oxygen atoms in total. The number of aromatic nitrogens is 3. The van der Waals surface area contributed by atoms with E-state index in [0.717, 1.165) is 41.7 Å². The molecule has 11 heteroatoms. The van der Waals surface area contributed by atoms with E-state index in [-0.39, 0.29) is 35.9 Å². The summed E-state index contributed by atoms with van der Waals surface area (Å²) >= 11 is 0. The molecule has 3 heterocycles. The minimum absolute atomic E-state index is 0. The van der Waals surface area contributed by atoms with Crippen LogP contribution in [0.5, 0.6) is 0 Å². The minimum atomic E-state index is -0.668. The fourth-order valence-corrected chi connectivity index (χ4v) is 4.57. The second-order valence-electron chi connectivity index (χ2n) is 9.53. The Bertz CT molecular complexity index is 1480. The van der Waals surface area contributed by atoms with E-state index in [9.17, 15) is 9.59 Å². The molecule has 1 aliphatic heterocycles. The number of anilines is 4. The number of primary amides is 1. The monoisotopic (exact) mass is 546 g/mol. The van der Waals surface area contributed by atoms with E-state index >= 15 is 0 Å². The molecule has 0 radical (unpaired) electrons. The van der Waals surface area contributed by atoms with Gasteiger partial charge in [-0.3, -0.25) is 14.6 Å². The van der Waals surface area contributed by atoms with E-state index in [1.54, 1.807) is 12.4 Å². The molecule has 202 valence electrons. The Kier molecular flexibility index (Phi) is 8.46. The zero-order valence-electron chi connectivity index (χ0n) is 21.8. The first-order valence-electron chi connectivity index (χ1n) is 12.5. The van der Waals surface area contributed by atoms with Gasteiger partial charge in [0.1, 0.15) is 5.82 Å². The van der Waals surface area contributed by atoms with Crippen molar-refractivity contribution in [2.24, 2.45) is 5.73 Å². The van der Waals surface area contributed by atoms with Crippen LogP contribution in [0.2, 0.25) is 0 Å². The summed E-state index contributed by atoms with van der Waals surface area (Å²) < 4.78 is 0. The average Bonchev–Trinajstić information content (AvgIpc) is 2.93. The molecule has 5 rings (SSSR count). The van der Waals surface area contributed by atoms with Gasteiger partial charge in [0.25, 0.3) is 11.8 Å². The van der Waals surface area contributed by atoms with Gasteiger partial charge in [-0.25, -0.2) is 9.97 Å². The van der Waals surface area contributed by atoms with Crippen LogP contribution in [-0.4, -0.2) is 60.0 Å². The number of piperidine rings is 1. The van der Waals surface area contributed by atoms with E-state index in [0.29, 0.717) is 17.9 Å². The number of pyridine rings is 1. The molecule has 0 bridgehead atoms. The van der Waals surface area contributed by atoms with Crippen molar-refractivity contribution in [1.82, 2.24) is 20.3 Å². The first-order chi connectivity index (χ1) is 18.4. The quantitative estimate of drug-likeness (QED) is 0.319. The van der Waals surface area contributed by atoms with Crippen molar-refractivity contribution >= 4 is 58.1 Å². The highest BCUT2D eigenvalue weighted by atomic mass is 35.5. The zero-order chi connectivity index (χ0) is 26.6. The number of amides is 2. The highest BCUT2D eigenvalue weighted by molar-refractivity contribution is 5.97. The summed E-state index contributed by atoms with van der Waals surface area (Å²) in [5.74, 6) is 0.114. The normalized spacial score (nSPS) is 14.8. The molecule has 2 aromatic heterocycles. The van der Waals surface area contributed by atoms with E-state index in [2.05, 4.69) is 25.5 Å². The Balaban J connectivity index is 0.00000353. The lowest BCUT2D eigenvalue weighted by Crippen LogP contribution is -2.48. The summed E-state index contributed by atoms with van der Waals surface area (Å²) in [5, 5.41) is 7.30. The lowest BCUT2D eigenvalue weighted by atomic mass is 10.0. The molecule has 2 aromatic carbocycles. The predicted molar refractivity (Wildman–Crippen MR) is 156 cm³/mol. The van der Waals surface area contributed by atoms with Gasteiger partial charge in [0, 0.05) is 61.7 Å². The Morgan fingerprint density at radius 2 is 1.87 bits per heavy atom. The number of nitrogens with two attached hydrogens (primary N) is 1. The fraction of sp³-hybridized carbons (Fsp3) is 0.250. The molecule has 1 saturated heterocycles. The number of rotatable bonds is 7. The summed E-state index contributed by atoms with van der Waals surface area (Å²) in [6.07, 6.45) is 5.04. The van der Waals surface area contributed by atoms with E-state index in [1.807, 2.05) is 73.6 Å². The summed E-state index contributed by atoms with van der Waals surface area (Å²) in [6.45, 7) is 1.34. The van der Waals surface area contributed by atoms with Gasteiger partial charge >= 0.3 is 0 Å². The van der Waals surface area contributed by atoms with Crippen molar-refractivity contribution in [2.45, 2.75) is 18.9 Å². The number of carbonyl (C=O) groups is 2. The second-order valence-corrected chi connectivity index (χ2v) is 9.53. The van der Waals surface area contributed by atoms with E-state index in [1.165, 1.54) is 0 Å². The third kappa shape index (κ3) is 6.35. The number of carbonyl (C=O) groups excluding carboxylic acids is 2. The topological polar surface area (TPSA) is 129 Å². The third-order valence-electron chi connectivity index (χ3n) is 6.59. The number of benzene rings is 2. The van der Waals surface area contributed by atoms with Gasteiger partial charge in [-0.1, -0.05) is 6.07 Å². The lowest BCUT2D eigenvalue weighted by molar-refractivity contribution is 0.0932. The Morgan fingerprint density at radius 1 is 1.08 bits per heavy atom. The van der Waals surface area contributed by atoms with Crippen LogP contribution in [0.3, 0.4) is 0 Å². The SMILES string of the molecule is CN(C)c1ccc(C(=O)N[C@@H]2CCCN(c3cnc(C(N)=O)c(Nc4ccc5ncccc5c4)n3)C2)cc1.Cl. The van der Waals surface area contributed by atoms with Crippen molar-refractivity contribution in [3.8, 4) is 0 Å². The summed E-state index contributed by atoms with van der Waals surface area (Å²) in [5.41, 5.74) is 8.91. The van der Waals surface area contributed by atoms with Crippen LogP contribution in [-0.2, 0) is 0 Å². The van der Waals surface area contributed by atoms with Gasteiger partial charge in [0.15, 0.2) is 11.5 Å². The first-order valence-corrected chi connectivity index (χ1v) is 12.5. The third-order valence-corrected chi connectivity index (χ3v) is 6.59. The van der Waals surface area contributed by atoms with Crippen LogP contribution in [0, 0.1) is 0 Å². The maximum atomic E-state index is 12.9. The number of nitrogens with one attached hydrogen (secondary N) is 2. The van der Waals surface area contributed by atoms with Crippen LogP contribution in [0.1, 0.15) is 33.7 Å². The van der Waals surface area contributed by atoms with E-state index in [4.69, 9.17) is 10.7 Å². The largest absolute Gasteiger partial charge is 0.378 e. The van der Waals surface area contributed by atoms with Gasteiger partial charge < -0.3 is 26.2 Å². The summed E-state index contributed by atoms with van der Waals surface area (Å²) in [6, 6.07) is 17.0. The van der Waals surface area contributed by atoms with Crippen molar-refractivity contribution in [3.63, 3.8) is 0 Å². The molecule has 1 atom stereocenters. The predicted octanol–water partition coefficient (Wildman–Crippen LogP) is 3.75. The molecule has 1 aliphatic rings. The molecule has 0 saturated carbocycles. The standard InChI is InChI=1S/C28H30N8O2.ClH/c1-35(2)22-10-7-18(8-11-22)28(38)33-21-6-4-14-36(17-21)24-16-31-25(26(29)37)27(34-24)32-20-9-12-23-19(15-20)5-3-13-30-23;/h3,5,7-13,15-16,21H,4,6,14,17H2,1-2H3,(H2,29,37)(H,32,34)(H,33,38);1H/t21-;/m1./s1. The fourth-order valence-electron chi connectivity index (χ4n) is 4.57. The molecule has 39 heavy (non-hydrogen) atoms. The van der Waals surface area contributed by atoms with E-state index < -0.39 is 5.91 Å². The smallest absolute Gasteiger partial charge is 0.271 e. The van der Waals surface area contributed by atoms with Crippen molar-refractivity contribution in [2.75, 3.05) is 42.3 Å². The molecular weight excluding hydrogens is 516 g/mol. The second kappa shape index (κ2) is 12.0. The first kappa shape index (κ1) is 27.6. The average molecular weight is 547 g/mol. The molecule has 0 aliphatic carbocycles. The van der Waals surface area contributed by atoms with Gasteiger partial charge in [-0.2, -0.15) is 0 Å². The number of hydrogen-bond donors (Lipinski definition) is 3. The van der Waals surface area contributed by atoms with Crippen LogP contribution < -0.4 is 26.2 Å². The van der Waals surface area contributed by atoms with Crippen LogP contribution in [0.4, 0.5) is 23.0 Å². The summed E-state index contributed by atoms with van der Waals surface area (Å²) in [7, 11) is 3.93. The minimum Gasteiger partial charge on any atom is -0.378 e. The maximum absolute atomic E-state index is 12.9. The number of nitrogens with zero attached hydrogens (tertiary/aromatic N) is 5. The molecule has 4 N–H and O–H groups in total. The highest BCUT2D eigenvalue weighted by Crippen LogP contribution is 2.25. The Morgan fingerprint density at radius 3 is 2.62 bits per heavy atom. The van der Waals surface area contributed by atoms with Gasteiger partial charge in [0.05, 0.1) is 11.7 Å². The van der Waals surface area contributed by atoms with Crippen LogP contribution in [0.25, 0.3) is 10.9 Å². The Labute approximate surface area is 233 Å². The van der Waals surface area contributed by atoms with Crippen molar-refractivity contribution in [3.05, 3.63) is 78.2 Å². The van der Waals surface area contributed by atoms with Crippen molar-refractivity contribution in [1.29, 1.82) is 0 Å². The molecule has 4 aromatic rings. The molecular formula is C28H31ClN8O2. The van der Waals surface area contributed by atoms with Crippen LogP contribution in [0.15, 0.2) is 67.0 Å². The van der Waals surface area contributed by atoms with Gasteiger partial charge in [-0.05, 0) is 61.4 Å². The molecule has 1 fully saturated rings. The maximum Gasteiger partial charge on any atom is 0.271 e. The van der Waals surface area contributed by atoms with Gasteiger partial charge in [0.2, 0.25) is 0 Å². The van der Waals surface area contributed by atoms with Crippen molar-refractivity contribution < 1.29 is 9.59 Å². The highest BCUT2D eigenvalue weighted by Gasteiger charge is 2.24. The van der Waals surface area contributed by atoms with Crippen LogP contribution >= 0.6 is 12.4 Å². The van der Waals surface area contributed by atoms with Gasteiger partial charge in [-0.15, -0.1) is 12.4 Å².